The standard InChI is InChI=1S/C15H28N2O3/c1-10(2)6-11(7-14(18)19)9-17-15(20)12-4-3-5-13(16)8-12/h10-13H,3-9,16H2,1-2H3,(H,17,20)(H,18,19). The highest BCUT2D eigenvalue weighted by Gasteiger charge is 2.26. The summed E-state index contributed by atoms with van der Waals surface area (Å²) in [4.78, 5) is 23.0. The van der Waals surface area contributed by atoms with Crippen LogP contribution in [-0.4, -0.2) is 29.6 Å². The zero-order chi connectivity index (χ0) is 15.1. The highest BCUT2D eigenvalue weighted by Crippen LogP contribution is 2.23. The van der Waals surface area contributed by atoms with Crippen molar-refractivity contribution in [2.24, 2.45) is 23.5 Å². The molecule has 0 bridgehead atoms. The number of carbonyl (C=O) groups is 2. The fraction of sp³-hybridized carbons (Fsp3) is 0.867. The number of amides is 1. The van der Waals surface area contributed by atoms with Crippen molar-refractivity contribution < 1.29 is 14.7 Å². The third-order valence-electron chi connectivity index (χ3n) is 3.92. The second kappa shape index (κ2) is 8.25. The molecule has 0 aromatic carbocycles. The van der Waals surface area contributed by atoms with Gasteiger partial charge in [0.2, 0.25) is 5.91 Å². The summed E-state index contributed by atoms with van der Waals surface area (Å²) in [5, 5.41) is 11.8. The first-order chi connectivity index (χ1) is 9.38. The second-order valence-corrected chi connectivity index (χ2v) is 6.46. The summed E-state index contributed by atoms with van der Waals surface area (Å²) in [6.07, 6.45) is 4.58. The molecule has 5 nitrogen and oxygen atoms in total. The maximum Gasteiger partial charge on any atom is 0.303 e. The summed E-state index contributed by atoms with van der Waals surface area (Å²) in [6.45, 7) is 4.59. The number of aliphatic carboxylic acids is 1. The van der Waals surface area contributed by atoms with E-state index in [9.17, 15) is 9.59 Å². The molecule has 0 spiro atoms. The first-order valence-electron chi connectivity index (χ1n) is 7.63. The molecule has 0 radical (unpaired) electrons. The molecule has 1 aliphatic rings. The van der Waals surface area contributed by atoms with Gasteiger partial charge in [-0.05, 0) is 37.5 Å². The Morgan fingerprint density at radius 3 is 2.60 bits per heavy atom. The van der Waals surface area contributed by atoms with Gasteiger partial charge in [0.1, 0.15) is 0 Å². The van der Waals surface area contributed by atoms with Crippen molar-refractivity contribution >= 4 is 11.9 Å². The van der Waals surface area contributed by atoms with Crippen LogP contribution in [0.25, 0.3) is 0 Å². The first-order valence-corrected chi connectivity index (χ1v) is 7.63. The Kier molecular flexibility index (Phi) is 6.99. The topological polar surface area (TPSA) is 92.4 Å². The summed E-state index contributed by atoms with van der Waals surface area (Å²) < 4.78 is 0. The maximum atomic E-state index is 12.1. The number of hydrogen-bond acceptors (Lipinski definition) is 3. The predicted octanol–water partition coefficient (Wildman–Crippen LogP) is 1.76. The van der Waals surface area contributed by atoms with E-state index in [2.05, 4.69) is 19.2 Å². The largest absolute Gasteiger partial charge is 0.481 e. The van der Waals surface area contributed by atoms with Crippen molar-refractivity contribution in [3.8, 4) is 0 Å². The summed E-state index contributed by atoms with van der Waals surface area (Å²) in [7, 11) is 0. The molecule has 5 heteroatoms. The van der Waals surface area contributed by atoms with E-state index in [-0.39, 0.29) is 30.2 Å². The van der Waals surface area contributed by atoms with Crippen molar-refractivity contribution in [1.29, 1.82) is 0 Å². The fourth-order valence-electron chi connectivity index (χ4n) is 3.01. The number of carbonyl (C=O) groups excluding carboxylic acids is 1. The van der Waals surface area contributed by atoms with Crippen LogP contribution in [0.5, 0.6) is 0 Å². The van der Waals surface area contributed by atoms with Crippen LogP contribution >= 0.6 is 0 Å². The number of carboxylic acids is 1. The lowest BCUT2D eigenvalue weighted by atomic mass is 9.85. The number of hydrogen-bond donors (Lipinski definition) is 3. The van der Waals surface area contributed by atoms with Gasteiger partial charge in [0, 0.05) is 24.9 Å². The van der Waals surface area contributed by atoms with Crippen LogP contribution < -0.4 is 11.1 Å². The molecule has 1 aliphatic carbocycles. The van der Waals surface area contributed by atoms with Gasteiger partial charge in [-0.1, -0.05) is 20.3 Å². The molecule has 3 atom stereocenters. The number of carboxylic acid groups (broad SMARTS) is 1. The average molecular weight is 284 g/mol. The molecule has 0 saturated heterocycles. The highest BCUT2D eigenvalue weighted by molar-refractivity contribution is 5.78. The van der Waals surface area contributed by atoms with E-state index in [0.717, 1.165) is 32.1 Å². The van der Waals surface area contributed by atoms with Gasteiger partial charge in [0.15, 0.2) is 0 Å². The van der Waals surface area contributed by atoms with Gasteiger partial charge in [-0.3, -0.25) is 9.59 Å². The second-order valence-electron chi connectivity index (χ2n) is 6.46. The molecule has 4 N–H and O–H groups in total. The summed E-state index contributed by atoms with van der Waals surface area (Å²) in [5.41, 5.74) is 5.89. The third kappa shape index (κ3) is 6.37. The van der Waals surface area contributed by atoms with Crippen LogP contribution in [0.15, 0.2) is 0 Å². The van der Waals surface area contributed by atoms with Gasteiger partial charge in [-0.15, -0.1) is 0 Å². The molecule has 1 amide bonds. The molecule has 1 saturated carbocycles. The van der Waals surface area contributed by atoms with Gasteiger partial charge in [0.25, 0.3) is 0 Å². The van der Waals surface area contributed by atoms with Crippen LogP contribution in [0.1, 0.15) is 52.4 Å². The van der Waals surface area contributed by atoms with Gasteiger partial charge in [-0.2, -0.15) is 0 Å². The van der Waals surface area contributed by atoms with Crippen molar-refractivity contribution in [3.05, 3.63) is 0 Å². The Bertz CT molecular complexity index is 331. The van der Waals surface area contributed by atoms with Gasteiger partial charge < -0.3 is 16.2 Å². The van der Waals surface area contributed by atoms with E-state index in [1.54, 1.807) is 0 Å². The van der Waals surface area contributed by atoms with Crippen molar-refractivity contribution in [3.63, 3.8) is 0 Å². The summed E-state index contributed by atoms with van der Waals surface area (Å²) in [6, 6.07) is 0.130. The van der Waals surface area contributed by atoms with Crippen molar-refractivity contribution in [1.82, 2.24) is 5.32 Å². The molecular formula is C15H28N2O3. The van der Waals surface area contributed by atoms with Crippen LogP contribution in [0.2, 0.25) is 0 Å². The molecule has 0 heterocycles. The third-order valence-corrected chi connectivity index (χ3v) is 3.92. The predicted molar refractivity (Wildman–Crippen MR) is 78.1 cm³/mol. The maximum absolute atomic E-state index is 12.1. The van der Waals surface area contributed by atoms with E-state index in [1.165, 1.54) is 0 Å². The minimum atomic E-state index is -0.801. The van der Waals surface area contributed by atoms with Crippen LogP contribution in [0.3, 0.4) is 0 Å². The number of nitrogens with two attached hydrogens (primary N) is 1. The van der Waals surface area contributed by atoms with Crippen molar-refractivity contribution in [2.45, 2.75) is 58.4 Å². The van der Waals surface area contributed by atoms with Gasteiger partial charge in [0.05, 0.1) is 0 Å². The van der Waals surface area contributed by atoms with E-state index < -0.39 is 5.97 Å². The zero-order valence-electron chi connectivity index (χ0n) is 12.6. The molecule has 0 aromatic rings. The van der Waals surface area contributed by atoms with Crippen LogP contribution in [0.4, 0.5) is 0 Å². The Hall–Kier alpha value is -1.10. The molecule has 3 unspecified atom stereocenters. The van der Waals surface area contributed by atoms with Gasteiger partial charge >= 0.3 is 5.97 Å². The monoisotopic (exact) mass is 284 g/mol. The molecule has 0 aliphatic heterocycles. The van der Waals surface area contributed by atoms with Crippen LogP contribution in [0, 0.1) is 17.8 Å². The van der Waals surface area contributed by atoms with E-state index in [4.69, 9.17) is 10.8 Å². The molecule has 20 heavy (non-hydrogen) atoms. The molecular weight excluding hydrogens is 256 g/mol. The minimum absolute atomic E-state index is 0.00304. The fourth-order valence-corrected chi connectivity index (χ4v) is 3.01. The Morgan fingerprint density at radius 2 is 2.05 bits per heavy atom. The molecule has 1 rings (SSSR count). The number of nitrogens with one attached hydrogen (secondary N) is 1. The smallest absolute Gasteiger partial charge is 0.303 e. The molecule has 116 valence electrons. The molecule has 0 aromatic heterocycles. The van der Waals surface area contributed by atoms with Crippen molar-refractivity contribution in [2.75, 3.05) is 6.54 Å². The quantitative estimate of drug-likeness (QED) is 0.664. The first kappa shape index (κ1) is 17.0. The molecule has 1 fully saturated rings. The van der Waals surface area contributed by atoms with E-state index in [0.29, 0.717) is 12.5 Å². The Morgan fingerprint density at radius 1 is 1.35 bits per heavy atom. The normalized spacial score (nSPS) is 24.4. The average Bonchev–Trinajstić information content (AvgIpc) is 2.34. The SMILES string of the molecule is CC(C)CC(CNC(=O)C1CCCC(N)C1)CC(=O)O. The minimum Gasteiger partial charge on any atom is -0.481 e. The Labute approximate surface area is 121 Å². The lowest BCUT2D eigenvalue weighted by Crippen LogP contribution is -2.40. The van der Waals surface area contributed by atoms with E-state index >= 15 is 0 Å². The number of rotatable bonds is 7. The summed E-state index contributed by atoms with van der Waals surface area (Å²) >= 11 is 0. The summed E-state index contributed by atoms with van der Waals surface area (Å²) in [5.74, 6) is -0.319. The van der Waals surface area contributed by atoms with E-state index in [1.807, 2.05) is 0 Å². The zero-order valence-corrected chi connectivity index (χ0v) is 12.6. The highest BCUT2D eigenvalue weighted by atomic mass is 16.4. The Balaban J connectivity index is 2.40. The van der Waals surface area contributed by atoms with Gasteiger partial charge in [-0.25, -0.2) is 0 Å². The van der Waals surface area contributed by atoms with Crippen LogP contribution in [-0.2, 0) is 9.59 Å². The lowest BCUT2D eigenvalue weighted by Gasteiger charge is -2.26. The lowest BCUT2D eigenvalue weighted by molar-refractivity contribution is -0.138.